The molecule has 0 amide bonds. The van der Waals surface area contributed by atoms with Gasteiger partial charge in [-0.25, -0.2) is 0 Å². The van der Waals surface area contributed by atoms with E-state index in [1.54, 1.807) is 267 Å². The van der Waals surface area contributed by atoms with Gasteiger partial charge >= 0.3 is 46.9 Å². The fourth-order valence-corrected chi connectivity index (χ4v) is 21.4. The first-order valence-corrected chi connectivity index (χ1v) is 51.9. The maximum atomic E-state index is 14.5. The molecule has 0 heterocycles. The lowest BCUT2D eigenvalue weighted by molar-refractivity contribution is 0.290. The second-order valence-corrected chi connectivity index (χ2v) is 40.0. The first kappa shape index (κ1) is 98.3. The van der Waals surface area contributed by atoms with E-state index in [0.717, 1.165) is 55.6 Å². The average molecular weight is 1950 g/mol. The summed E-state index contributed by atoms with van der Waals surface area (Å²) >= 11 is 0. The molecule has 16 rings (SSSR count). The van der Waals surface area contributed by atoms with E-state index in [9.17, 15) is 27.4 Å². The van der Waals surface area contributed by atoms with Crippen LogP contribution in [0.2, 0.25) is 0 Å². The molecule has 0 saturated heterocycles. The Labute approximate surface area is 797 Å². The molecule has 16 aromatic rings. The van der Waals surface area contributed by atoms with Crippen LogP contribution in [0.5, 0.6) is 103 Å². The third kappa shape index (κ3) is 28.2. The molecule has 16 aromatic carbocycles. The van der Waals surface area contributed by atoms with Crippen molar-refractivity contribution in [1.29, 1.82) is 0 Å². The lowest BCUT2D eigenvalue weighted by atomic mass is 9.78. The molecule has 0 aromatic heterocycles. The van der Waals surface area contributed by atoms with Gasteiger partial charge in [0.05, 0.1) is 0 Å². The highest BCUT2D eigenvalue weighted by Crippen LogP contribution is 2.59. The second kappa shape index (κ2) is 45.1. The van der Waals surface area contributed by atoms with E-state index < -0.39 is 52.4 Å². The third-order valence-corrected chi connectivity index (χ3v) is 27.9. The van der Waals surface area contributed by atoms with E-state index in [0.29, 0.717) is 57.5 Å². The molecular formula is C107H98O24P6. The summed E-state index contributed by atoms with van der Waals surface area (Å²) in [6.45, 7) is 19.0. The number of phosphoric acid groups is 6. The van der Waals surface area contributed by atoms with Crippen molar-refractivity contribution >= 4 is 46.9 Å². The smallest absolute Gasteiger partial charge is 0.386 e. The van der Waals surface area contributed by atoms with Crippen LogP contribution in [0.4, 0.5) is 0 Å². The summed E-state index contributed by atoms with van der Waals surface area (Å²) < 4.78 is 190. The van der Waals surface area contributed by atoms with Gasteiger partial charge in [0.15, 0.2) is 0 Å². The highest BCUT2D eigenvalue weighted by Gasteiger charge is 2.42. The summed E-state index contributed by atoms with van der Waals surface area (Å²) in [4.78, 5) is 0. The number of aryl methyl sites for hydroxylation is 8. The Kier molecular flexibility index (Phi) is 32.4. The highest BCUT2D eigenvalue weighted by molar-refractivity contribution is 7.51. The molecule has 0 spiro atoms. The van der Waals surface area contributed by atoms with E-state index in [2.05, 4.69) is 13.8 Å². The third-order valence-electron chi connectivity index (χ3n) is 20.2. The number of hydrogen-bond acceptors (Lipinski definition) is 24. The first-order valence-electron chi connectivity index (χ1n) is 43.1. The minimum atomic E-state index is -4.39. The maximum absolute atomic E-state index is 14.5. The molecule has 700 valence electrons. The number of hydrogen-bond donors (Lipinski definition) is 0. The van der Waals surface area contributed by atoms with Crippen molar-refractivity contribution in [2.24, 2.45) is 0 Å². The van der Waals surface area contributed by atoms with Crippen LogP contribution < -0.4 is 81.4 Å². The Balaban J connectivity index is 0.000000165. The maximum Gasteiger partial charge on any atom is 0.647 e. The molecule has 0 radical (unpaired) electrons. The molecule has 24 nitrogen and oxygen atoms in total. The van der Waals surface area contributed by atoms with Crippen molar-refractivity contribution in [1.82, 2.24) is 0 Å². The number of rotatable bonds is 38. The summed E-state index contributed by atoms with van der Waals surface area (Å²) in [5.41, 5.74) is 7.52. The van der Waals surface area contributed by atoms with Crippen LogP contribution in [0.15, 0.2) is 413 Å². The predicted molar refractivity (Wildman–Crippen MR) is 530 cm³/mol. The van der Waals surface area contributed by atoms with Crippen LogP contribution in [-0.2, 0) is 32.8 Å². The molecule has 0 bridgehead atoms. The summed E-state index contributed by atoms with van der Waals surface area (Å²) in [6, 6.07) is 118. The Morgan fingerprint density at radius 2 is 0.270 bits per heavy atom. The van der Waals surface area contributed by atoms with E-state index in [1.165, 1.54) is 24.3 Å². The van der Waals surface area contributed by atoms with E-state index in [-0.39, 0.29) is 46.0 Å². The lowest BCUT2D eigenvalue weighted by Crippen LogP contribution is -2.18. The van der Waals surface area contributed by atoms with Gasteiger partial charge in [-0.15, -0.1) is 0 Å². The van der Waals surface area contributed by atoms with Gasteiger partial charge in [0.2, 0.25) is 0 Å². The minimum absolute atomic E-state index is 0.0682. The van der Waals surface area contributed by atoms with E-state index >= 15 is 0 Å². The zero-order chi connectivity index (χ0) is 96.5. The van der Waals surface area contributed by atoms with Gasteiger partial charge in [-0.3, -0.25) is 0 Å². The van der Waals surface area contributed by atoms with E-state index in [1.807, 2.05) is 177 Å². The Morgan fingerprint density at radius 1 is 0.146 bits per heavy atom. The Bertz CT molecular complexity index is 6220. The van der Waals surface area contributed by atoms with Gasteiger partial charge in [-0.05, 0) is 257 Å². The van der Waals surface area contributed by atoms with Gasteiger partial charge in [-0.2, -0.15) is 27.4 Å². The summed E-state index contributed by atoms with van der Waals surface area (Å²) in [6.07, 6.45) is 0. The summed E-state index contributed by atoms with van der Waals surface area (Å²) in [5.74, 6) is 4.98. The molecule has 0 aliphatic heterocycles. The van der Waals surface area contributed by atoms with Crippen molar-refractivity contribution in [3.8, 4) is 103 Å². The van der Waals surface area contributed by atoms with Crippen molar-refractivity contribution < 1.29 is 109 Å². The Morgan fingerprint density at radius 3 is 0.431 bits per heavy atom. The molecule has 0 aliphatic rings. The predicted octanol–water partition coefficient (Wildman–Crippen LogP) is 31.7. The quantitative estimate of drug-likeness (QED) is 0.0325. The van der Waals surface area contributed by atoms with Crippen LogP contribution >= 0.6 is 46.9 Å². The van der Waals surface area contributed by atoms with Crippen LogP contribution in [0.3, 0.4) is 0 Å². The largest absolute Gasteiger partial charge is 0.647 e. The van der Waals surface area contributed by atoms with Gasteiger partial charge in [0.1, 0.15) is 103 Å². The molecule has 0 atom stereocenters. The molecule has 30 heteroatoms. The average Bonchev–Trinajstić information content (AvgIpc) is 0.797. The first-order chi connectivity index (χ1) is 65.9. The number of benzene rings is 16. The van der Waals surface area contributed by atoms with Crippen LogP contribution in [-0.4, -0.2) is 0 Å². The van der Waals surface area contributed by atoms with Crippen molar-refractivity contribution in [3.63, 3.8) is 0 Å². The van der Waals surface area contributed by atoms with Crippen molar-refractivity contribution in [3.05, 3.63) is 468 Å². The van der Waals surface area contributed by atoms with Crippen LogP contribution in [0, 0.1) is 55.4 Å². The summed E-state index contributed by atoms with van der Waals surface area (Å²) in [5, 5.41) is 0. The molecule has 0 unspecified atom stereocenters. The van der Waals surface area contributed by atoms with Gasteiger partial charge < -0.3 is 81.4 Å². The molecule has 0 saturated carbocycles. The molecule has 0 fully saturated rings. The van der Waals surface area contributed by atoms with E-state index in [4.69, 9.17) is 81.4 Å². The normalized spacial score (nSPS) is 11.5. The molecule has 137 heavy (non-hydrogen) atoms. The van der Waals surface area contributed by atoms with Gasteiger partial charge in [0, 0.05) is 17.5 Å². The molecule has 0 aliphatic carbocycles. The van der Waals surface area contributed by atoms with Crippen molar-refractivity contribution in [2.75, 3.05) is 0 Å². The molecular weight excluding hydrogens is 1850 g/mol. The Hall–Kier alpha value is -14.7. The minimum Gasteiger partial charge on any atom is -0.386 e. The van der Waals surface area contributed by atoms with Gasteiger partial charge in [0.25, 0.3) is 0 Å². The van der Waals surface area contributed by atoms with Crippen molar-refractivity contribution in [2.45, 2.75) is 74.7 Å². The monoisotopic (exact) mass is 1950 g/mol. The second-order valence-electron chi connectivity index (χ2n) is 31.3. The zero-order valence-corrected chi connectivity index (χ0v) is 81.6. The van der Waals surface area contributed by atoms with Crippen LogP contribution in [0.25, 0.3) is 0 Å². The lowest BCUT2D eigenvalue weighted by Gasteiger charge is -2.27. The zero-order valence-electron chi connectivity index (χ0n) is 76.2. The summed E-state index contributed by atoms with van der Waals surface area (Å²) in [7, 11) is -25.5. The highest BCUT2D eigenvalue weighted by atomic mass is 31.2. The topological polar surface area (TPSA) is 269 Å². The number of phosphoric ester groups is 6. The molecule has 0 N–H and O–H groups in total. The SMILES string of the molecule is CC(C)(c1ccc(OP(=O)(Oc2ccccc2)Oc2ccccc2)cc1)c1ccc(OP(=O)(Oc2ccccc2)Oc2ccccc2)cc1.Cc1cccc(C)c1OP(=O)(Oc1cccc(OP(=O)(Oc2c(C)cccc2C)Oc2c(C)cccc2C)c1)Oc1c(C)cccc1C.O=P(Oc1ccccc1)(Oc1ccccc1)Oc1cccc(OP(=O)(Oc2ccccc2)Oc2ccccc2)c1. The standard InChI is InChI=1S/C39H34O8P2.C38H40O8P2.C30H24O8P2/c1-39(2,31-23-27-37(28-24-31)46-48(40,42-33-15-7-3-8-16-33)43-34-17-9-4-10-18-34)32-25-29-38(30-26-32)47-49(41,44-35-19-11-5-12-20-35)45-36-21-13-6-14-22-36;1-25-14-9-15-26(2)35(25)43-47(39,44-36-27(3)16-10-17-28(36)4)41-33-22-13-23-34(24-33)42-48(40,45-37-29(5)18-11-19-30(37)6)46-38-31(7)20-12-21-32(38)8;31-39(33-25-14-5-1-6-15-25,34-26-16-7-2-8-17-26)37-29-22-13-23-30(24-29)38-40(32,35-27-18-9-3-10-19-27)36-28-20-11-4-12-21-28/h3-30H,1-2H3;9-24H,1-8H3;1-24H. The fourth-order valence-electron chi connectivity index (χ4n) is 13.4. The van der Waals surface area contributed by atoms with Crippen LogP contribution in [0.1, 0.15) is 69.5 Å². The fraction of sp³-hybridized carbons (Fsp3) is 0.103. The number of para-hydroxylation sites is 12. The van der Waals surface area contributed by atoms with Gasteiger partial charge in [-0.1, -0.05) is 269 Å².